The van der Waals surface area contributed by atoms with Gasteiger partial charge < -0.3 is 25.9 Å². The van der Waals surface area contributed by atoms with Crippen LogP contribution in [0.1, 0.15) is 40.5 Å². The number of carbonyl (C=O) groups is 3. The van der Waals surface area contributed by atoms with Crippen molar-refractivity contribution in [2.24, 2.45) is 11.5 Å². The predicted octanol–water partition coefficient (Wildman–Crippen LogP) is 0.823. The van der Waals surface area contributed by atoms with Crippen LogP contribution in [-0.2, 0) is 9.57 Å². The zero-order valence-electron chi connectivity index (χ0n) is 12.6. The predicted molar refractivity (Wildman–Crippen MR) is 72.9 cm³/mol. The molecule has 5 N–H and O–H groups in total. The van der Waals surface area contributed by atoms with E-state index in [4.69, 9.17) is 16.2 Å². The lowest BCUT2D eigenvalue weighted by molar-refractivity contribution is -0.0594. The molecule has 0 aromatic rings. The number of hydroxylamine groups is 1. The number of rotatable bonds is 1. The second kappa shape index (κ2) is 5.66. The number of likely N-dealkylation sites (tertiary alicyclic amines) is 1. The Morgan fingerprint density at radius 1 is 1.10 bits per heavy atom. The fraction of sp³-hybridized carbons (Fsp3) is 0.750. The lowest BCUT2D eigenvalue weighted by Gasteiger charge is -2.53. The molecule has 0 aromatic carbocycles. The highest BCUT2D eigenvalue weighted by Crippen LogP contribution is 2.39. The van der Waals surface area contributed by atoms with Crippen LogP contribution in [0.4, 0.5) is 14.4 Å². The molecule has 0 spiro atoms. The van der Waals surface area contributed by atoms with E-state index in [9.17, 15) is 14.4 Å². The van der Waals surface area contributed by atoms with Gasteiger partial charge in [-0.2, -0.15) is 0 Å². The van der Waals surface area contributed by atoms with Gasteiger partial charge in [-0.25, -0.2) is 14.4 Å². The summed E-state index contributed by atoms with van der Waals surface area (Å²) in [6.07, 6.45) is -1.71. The number of urea groups is 1. The third-order valence-electron chi connectivity index (χ3n) is 3.39. The van der Waals surface area contributed by atoms with E-state index in [1.807, 2.05) is 27.7 Å². The van der Waals surface area contributed by atoms with Crippen LogP contribution in [0.15, 0.2) is 0 Å². The van der Waals surface area contributed by atoms with Gasteiger partial charge in [0.25, 0.3) is 0 Å². The van der Waals surface area contributed by atoms with Crippen molar-refractivity contribution in [2.75, 3.05) is 0 Å². The Kier molecular flexibility index (Phi) is 4.55. The maximum Gasteiger partial charge on any atom is 0.441 e. The molecule has 0 radical (unpaired) electrons. The first-order chi connectivity index (χ1) is 9.45. The Morgan fingerprint density at radius 2 is 1.57 bits per heavy atom. The Morgan fingerprint density at radius 3 is 1.95 bits per heavy atom. The molecular weight excluding hydrogens is 280 g/mol. The molecule has 9 heteroatoms. The van der Waals surface area contributed by atoms with E-state index in [2.05, 4.69) is 4.84 Å². The fourth-order valence-electron chi connectivity index (χ4n) is 3.14. The van der Waals surface area contributed by atoms with E-state index in [1.165, 1.54) is 0 Å². The van der Waals surface area contributed by atoms with Crippen molar-refractivity contribution in [2.45, 2.75) is 57.7 Å². The average molecular weight is 302 g/mol. The number of nitrogens with one attached hydrogen (secondary N) is 1. The number of nitrogens with zero attached hydrogens (tertiary/aromatic N) is 1. The Hall–Kier alpha value is -2.19. The largest absolute Gasteiger partial charge is 0.444 e. The summed E-state index contributed by atoms with van der Waals surface area (Å²) in [7, 11) is 0. The van der Waals surface area contributed by atoms with Gasteiger partial charge in [-0.1, -0.05) is 0 Å². The highest BCUT2D eigenvalue weighted by Gasteiger charge is 2.48. The SMILES string of the molecule is CC1(C)CC(OC(=O)NOC(N)=O)CC(C)(C)N1C(N)=O. The number of ether oxygens (including phenoxy) is 1. The fourth-order valence-corrected chi connectivity index (χ4v) is 3.14. The minimum absolute atomic E-state index is 0.406. The van der Waals surface area contributed by atoms with Crippen molar-refractivity contribution < 1.29 is 24.0 Å². The second-order valence-electron chi connectivity index (χ2n) is 6.26. The summed E-state index contributed by atoms with van der Waals surface area (Å²) in [5.74, 6) is 0. The summed E-state index contributed by atoms with van der Waals surface area (Å²) < 4.78 is 5.18. The van der Waals surface area contributed by atoms with E-state index < -0.39 is 35.4 Å². The third-order valence-corrected chi connectivity index (χ3v) is 3.39. The molecule has 0 saturated carbocycles. The van der Waals surface area contributed by atoms with Gasteiger partial charge >= 0.3 is 18.2 Å². The number of primary amides is 2. The normalized spacial score (nSPS) is 20.5. The van der Waals surface area contributed by atoms with Crippen LogP contribution in [0.2, 0.25) is 0 Å². The van der Waals surface area contributed by atoms with Crippen molar-refractivity contribution >= 4 is 18.2 Å². The molecule has 0 unspecified atom stereocenters. The first-order valence-corrected chi connectivity index (χ1v) is 6.48. The van der Waals surface area contributed by atoms with Crippen LogP contribution >= 0.6 is 0 Å². The van der Waals surface area contributed by atoms with Gasteiger partial charge in [-0.05, 0) is 27.7 Å². The Bertz CT molecular complexity index is 431. The number of piperidine rings is 1. The molecule has 0 aliphatic carbocycles. The van der Waals surface area contributed by atoms with E-state index in [-0.39, 0.29) is 0 Å². The molecule has 120 valence electrons. The molecule has 1 rings (SSSR count). The van der Waals surface area contributed by atoms with Gasteiger partial charge in [0.2, 0.25) is 0 Å². The van der Waals surface area contributed by atoms with Crippen LogP contribution in [-0.4, -0.2) is 40.3 Å². The number of hydrogen-bond donors (Lipinski definition) is 3. The molecule has 1 fully saturated rings. The van der Waals surface area contributed by atoms with Crippen LogP contribution in [0.25, 0.3) is 0 Å². The van der Waals surface area contributed by atoms with Crippen LogP contribution in [0, 0.1) is 0 Å². The minimum atomic E-state index is -1.14. The monoisotopic (exact) mass is 302 g/mol. The lowest BCUT2D eigenvalue weighted by Crippen LogP contribution is -2.65. The Labute approximate surface area is 122 Å². The minimum Gasteiger partial charge on any atom is -0.444 e. The molecule has 1 heterocycles. The second-order valence-corrected chi connectivity index (χ2v) is 6.26. The highest BCUT2D eigenvalue weighted by molar-refractivity contribution is 5.74. The quantitative estimate of drug-likeness (QED) is 0.616. The molecule has 0 aromatic heterocycles. The van der Waals surface area contributed by atoms with Crippen molar-refractivity contribution in [3.05, 3.63) is 0 Å². The van der Waals surface area contributed by atoms with Gasteiger partial charge in [-0.15, -0.1) is 5.48 Å². The van der Waals surface area contributed by atoms with Gasteiger partial charge in [0.15, 0.2) is 0 Å². The first-order valence-electron chi connectivity index (χ1n) is 6.48. The summed E-state index contributed by atoms with van der Waals surface area (Å²) >= 11 is 0. The van der Waals surface area contributed by atoms with Crippen LogP contribution in [0.3, 0.4) is 0 Å². The molecule has 21 heavy (non-hydrogen) atoms. The van der Waals surface area contributed by atoms with Crippen molar-refractivity contribution in [3.63, 3.8) is 0 Å². The Balaban J connectivity index is 2.75. The lowest BCUT2D eigenvalue weighted by atomic mass is 9.78. The third kappa shape index (κ3) is 4.14. The number of carbonyl (C=O) groups excluding carboxylic acids is 3. The van der Waals surface area contributed by atoms with Crippen LogP contribution in [0.5, 0.6) is 0 Å². The maximum atomic E-state index is 11.6. The topological polar surface area (TPSA) is 137 Å². The van der Waals surface area contributed by atoms with Gasteiger partial charge in [0, 0.05) is 23.9 Å². The summed E-state index contributed by atoms with van der Waals surface area (Å²) in [5.41, 5.74) is 10.8. The smallest absolute Gasteiger partial charge is 0.441 e. The zero-order chi connectivity index (χ0) is 16.4. The van der Waals surface area contributed by atoms with E-state index in [0.29, 0.717) is 12.8 Å². The first kappa shape index (κ1) is 16.9. The zero-order valence-corrected chi connectivity index (χ0v) is 12.6. The summed E-state index contributed by atoms with van der Waals surface area (Å²) in [4.78, 5) is 39.2. The molecule has 9 nitrogen and oxygen atoms in total. The molecule has 4 amide bonds. The molecule has 1 aliphatic rings. The standard InChI is InChI=1S/C12H22N4O5/c1-11(2)5-7(20-10(19)15-21-9(14)18)6-12(3,4)16(11)8(13)17/h7H,5-6H2,1-4H3,(H2,13,17)(H2,14,18)(H,15,19). The number of amides is 4. The average Bonchev–Trinajstić information content (AvgIpc) is 2.21. The van der Waals surface area contributed by atoms with Gasteiger partial charge in [-0.3, -0.25) is 0 Å². The van der Waals surface area contributed by atoms with Gasteiger partial charge in [0.05, 0.1) is 0 Å². The van der Waals surface area contributed by atoms with E-state index in [0.717, 1.165) is 0 Å². The molecule has 0 bridgehead atoms. The van der Waals surface area contributed by atoms with Crippen molar-refractivity contribution in [3.8, 4) is 0 Å². The highest BCUT2D eigenvalue weighted by atomic mass is 16.7. The summed E-state index contributed by atoms with van der Waals surface area (Å²) in [6, 6.07) is -0.523. The van der Waals surface area contributed by atoms with Crippen molar-refractivity contribution in [1.82, 2.24) is 10.4 Å². The van der Waals surface area contributed by atoms with E-state index in [1.54, 1.807) is 10.4 Å². The van der Waals surface area contributed by atoms with Crippen LogP contribution < -0.4 is 16.9 Å². The van der Waals surface area contributed by atoms with Crippen molar-refractivity contribution in [1.29, 1.82) is 0 Å². The number of hydrogen-bond acceptors (Lipinski definition) is 5. The van der Waals surface area contributed by atoms with Gasteiger partial charge in [0.1, 0.15) is 6.10 Å². The molecule has 0 atom stereocenters. The maximum absolute atomic E-state index is 11.6. The summed E-state index contributed by atoms with van der Waals surface area (Å²) in [6.45, 7) is 7.36. The molecular formula is C12H22N4O5. The number of nitrogens with two attached hydrogens (primary N) is 2. The van der Waals surface area contributed by atoms with E-state index >= 15 is 0 Å². The molecule has 1 aliphatic heterocycles. The molecule has 1 saturated heterocycles. The summed E-state index contributed by atoms with van der Waals surface area (Å²) in [5, 5.41) is 0.